The molecule has 0 N–H and O–H groups in total. The molecule has 6 rings (SSSR count). The van der Waals surface area contributed by atoms with Crippen molar-refractivity contribution in [3.8, 4) is 17.2 Å². The first-order valence-corrected chi connectivity index (χ1v) is 16.2. The normalized spacial score (nSPS) is 11.2. The molecule has 0 amide bonds. The second-order valence-corrected chi connectivity index (χ2v) is 12.7. The third-order valence-corrected chi connectivity index (χ3v) is 7.75. The van der Waals surface area contributed by atoms with Crippen molar-refractivity contribution in [2.75, 3.05) is 0 Å². The number of ketones is 1. The van der Waals surface area contributed by atoms with Crippen LogP contribution in [-0.4, -0.2) is 17.4 Å². The van der Waals surface area contributed by atoms with Crippen LogP contribution in [0.2, 0.25) is 0 Å². The van der Waals surface area contributed by atoms with E-state index >= 15 is 0 Å². The fourth-order valence-corrected chi connectivity index (χ4v) is 5.41. The molecule has 0 radical (unpaired) electrons. The lowest BCUT2D eigenvalue weighted by Gasteiger charge is -2.22. The smallest absolute Gasteiger partial charge is 0.338 e. The van der Waals surface area contributed by atoms with Crippen molar-refractivity contribution >= 4 is 22.5 Å². The molecule has 0 bridgehead atoms. The standard InChI is InChI=1S/C43H38O6/c1-43(2,3)49-42(45)34-25-37(46-27-30-15-7-4-8-16-30)39(38(26-34)47-28-31-17-9-5-10-18-31)40(44)36-24-23-33-21-13-14-22-35(33)41(36)48-29-32-19-11-6-12-20-32/h4-26H,27-29H2,1-3H3. The van der Waals surface area contributed by atoms with Gasteiger partial charge < -0.3 is 18.9 Å². The van der Waals surface area contributed by atoms with Gasteiger partial charge in [0.1, 0.15) is 48.2 Å². The number of fused-ring (bicyclic) bond motifs is 1. The minimum Gasteiger partial charge on any atom is -0.488 e. The molecule has 0 aliphatic carbocycles. The van der Waals surface area contributed by atoms with Gasteiger partial charge in [-0.15, -0.1) is 0 Å². The highest BCUT2D eigenvalue weighted by Gasteiger charge is 2.28. The minimum absolute atomic E-state index is 0.159. The summed E-state index contributed by atoms with van der Waals surface area (Å²) < 4.78 is 25.0. The van der Waals surface area contributed by atoms with Crippen molar-refractivity contribution in [3.63, 3.8) is 0 Å². The average molecular weight is 651 g/mol. The van der Waals surface area contributed by atoms with E-state index in [4.69, 9.17) is 18.9 Å². The fourth-order valence-electron chi connectivity index (χ4n) is 5.41. The summed E-state index contributed by atoms with van der Waals surface area (Å²) in [6, 6.07) is 43.7. The summed E-state index contributed by atoms with van der Waals surface area (Å²) in [5, 5.41) is 1.73. The van der Waals surface area contributed by atoms with Crippen LogP contribution in [0.3, 0.4) is 0 Å². The molecule has 0 aliphatic heterocycles. The number of carbonyl (C=O) groups is 2. The van der Waals surface area contributed by atoms with Crippen LogP contribution in [0.1, 0.15) is 63.7 Å². The van der Waals surface area contributed by atoms with E-state index in [0.717, 1.165) is 27.5 Å². The quantitative estimate of drug-likeness (QED) is 0.0970. The molecule has 6 aromatic carbocycles. The van der Waals surface area contributed by atoms with Crippen LogP contribution in [0.4, 0.5) is 0 Å². The molecular formula is C43H38O6. The summed E-state index contributed by atoms with van der Waals surface area (Å²) in [6.45, 7) is 6.00. The zero-order valence-electron chi connectivity index (χ0n) is 27.8. The minimum atomic E-state index is -0.738. The zero-order valence-corrected chi connectivity index (χ0v) is 27.8. The van der Waals surface area contributed by atoms with Crippen molar-refractivity contribution in [1.29, 1.82) is 0 Å². The Hall–Kier alpha value is -5.88. The Bertz CT molecular complexity index is 1980. The lowest BCUT2D eigenvalue weighted by atomic mass is 9.96. The van der Waals surface area contributed by atoms with E-state index in [1.807, 2.05) is 121 Å². The highest BCUT2D eigenvalue weighted by molar-refractivity contribution is 6.17. The van der Waals surface area contributed by atoms with Crippen LogP contribution in [0.25, 0.3) is 10.8 Å². The van der Waals surface area contributed by atoms with E-state index in [1.54, 1.807) is 39.0 Å². The second kappa shape index (κ2) is 14.9. The Morgan fingerprint density at radius 2 is 1.02 bits per heavy atom. The number of ether oxygens (including phenoxy) is 4. The number of benzene rings is 6. The molecule has 6 aromatic rings. The van der Waals surface area contributed by atoms with Gasteiger partial charge in [-0.2, -0.15) is 0 Å². The van der Waals surface area contributed by atoms with E-state index in [-0.39, 0.29) is 48.2 Å². The molecule has 0 heterocycles. The highest BCUT2D eigenvalue weighted by atomic mass is 16.6. The third kappa shape index (κ3) is 8.35. The van der Waals surface area contributed by atoms with E-state index < -0.39 is 11.6 Å². The number of esters is 1. The van der Waals surface area contributed by atoms with Gasteiger partial charge in [-0.05, 0) is 61.0 Å². The van der Waals surface area contributed by atoms with Gasteiger partial charge in [0.25, 0.3) is 0 Å². The maximum Gasteiger partial charge on any atom is 0.338 e. The monoisotopic (exact) mass is 650 g/mol. The van der Waals surface area contributed by atoms with Gasteiger partial charge in [-0.1, -0.05) is 121 Å². The van der Waals surface area contributed by atoms with E-state index in [1.165, 1.54) is 0 Å². The average Bonchev–Trinajstić information content (AvgIpc) is 3.12. The molecule has 6 nitrogen and oxygen atoms in total. The summed E-state index contributed by atoms with van der Waals surface area (Å²) in [4.78, 5) is 28.4. The van der Waals surface area contributed by atoms with Crippen LogP contribution in [0.5, 0.6) is 17.2 Å². The number of carbonyl (C=O) groups excluding carboxylic acids is 2. The largest absolute Gasteiger partial charge is 0.488 e. The molecule has 246 valence electrons. The summed E-state index contributed by atoms with van der Waals surface area (Å²) in [5.41, 5.74) is 2.75. The summed E-state index contributed by atoms with van der Waals surface area (Å²) >= 11 is 0. The molecular weight excluding hydrogens is 612 g/mol. The predicted molar refractivity (Wildman–Crippen MR) is 191 cm³/mol. The Kier molecular flexibility index (Phi) is 10.1. The van der Waals surface area contributed by atoms with E-state index in [2.05, 4.69) is 0 Å². The van der Waals surface area contributed by atoms with Crippen molar-refractivity contribution in [3.05, 3.63) is 173 Å². The highest BCUT2D eigenvalue weighted by Crippen LogP contribution is 2.39. The number of rotatable bonds is 12. The Morgan fingerprint density at radius 1 is 0.551 bits per heavy atom. The van der Waals surface area contributed by atoms with Gasteiger partial charge >= 0.3 is 5.97 Å². The summed E-state index contributed by atoms with van der Waals surface area (Å²) in [6.07, 6.45) is 0. The van der Waals surface area contributed by atoms with Crippen LogP contribution < -0.4 is 14.2 Å². The molecule has 0 fully saturated rings. The number of hydrogen-bond donors (Lipinski definition) is 0. The van der Waals surface area contributed by atoms with Crippen LogP contribution in [0, 0.1) is 0 Å². The topological polar surface area (TPSA) is 71.1 Å². The SMILES string of the molecule is CC(C)(C)OC(=O)c1cc(OCc2ccccc2)c(C(=O)c2ccc3ccccc3c2OCc2ccccc2)c(OCc2ccccc2)c1. The Morgan fingerprint density at radius 3 is 1.53 bits per heavy atom. The molecule has 0 saturated carbocycles. The van der Waals surface area contributed by atoms with Crippen molar-refractivity contribution in [1.82, 2.24) is 0 Å². The molecule has 0 aromatic heterocycles. The first kappa shape index (κ1) is 33.0. The second-order valence-electron chi connectivity index (χ2n) is 12.7. The van der Waals surface area contributed by atoms with Crippen molar-refractivity contribution in [2.45, 2.75) is 46.2 Å². The Labute approximate surface area is 286 Å². The number of hydrogen-bond acceptors (Lipinski definition) is 6. The lowest BCUT2D eigenvalue weighted by molar-refractivity contribution is 0.00683. The van der Waals surface area contributed by atoms with E-state index in [0.29, 0.717) is 11.3 Å². The zero-order chi connectivity index (χ0) is 34.2. The van der Waals surface area contributed by atoms with Crippen molar-refractivity contribution < 1.29 is 28.5 Å². The molecule has 49 heavy (non-hydrogen) atoms. The van der Waals surface area contributed by atoms with Gasteiger partial charge in [0.05, 0.1) is 11.1 Å². The lowest BCUT2D eigenvalue weighted by Crippen LogP contribution is -2.24. The van der Waals surface area contributed by atoms with Crippen LogP contribution >= 0.6 is 0 Å². The van der Waals surface area contributed by atoms with Crippen LogP contribution in [-0.2, 0) is 24.6 Å². The molecule has 0 aliphatic rings. The Balaban J connectivity index is 1.49. The van der Waals surface area contributed by atoms with Gasteiger partial charge in [0, 0.05) is 5.39 Å². The first-order chi connectivity index (χ1) is 23.7. The molecule has 0 spiro atoms. The fraction of sp³-hybridized carbons (Fsp3) is 0.163. The molecule has 0 atom stereocenters. The van der Waals surface area contributed by atoms with Gasteiger partial charge in [0.2, 0.25) is 5.78 Å². The van der Waals surface area contributed by atoms with E-state index in [9.17, 15) is 9.59 Å². The van der Waals surface area contributed by atoms with Gasteiger partial charge in [0.15, 0.2) is 0 Å². The van der Waals surface area contributed by atoms with Crippen molar-refractivity contribution in [2.24, 2.45) is 0 Å². The molecule has 6 heteroatoms. The maximum atomic E-state index is 14.9. The predicted octanol–water partition coefficient (Wildman–Crippen LogP) is 9.76. The first-order valence-electron chi connectivity index (χ1n) is 16.2. The summed E-state index contributed by atoms with van der Waals surface area (Å²) in [5.74, 6) is -0.0787. The van der Waals surface area contributed by atoms with Gasteiger partial charge in [-0.25, -0.2) is 4.79 Å². The van der Waals surface area contributed by atoms with Crippen LogP contribution in [0.15, 0.2) is 140 Å². The summed E-state index contributed by atoms with van der Waals surface area (Å²) in [7, 11) is 0. The van der Waals surface area contributed by atoms with Gasteiger partial charge in [-0.3, -0.25) is 4.79 Å². The maximum absolute atomic E-state index is 14.9. The molecule has 0 saturated heterocycles. The molecule has 0 unspecified atom stereocenters. The third-order valence-electron chi connectivity index (χ3n) is 7.75.